The monoisotopic (exact) mass is 213 g/mol. The maximum absolute atomic E-state index is 4.13. The third-order valence-electron chi connectivity index (χ3n) is 2.62. The van der Waals surface area contributed by atoms with Crippen molar-refractivity contribution in [2.24, 2.45) is 0 Å². The van der Waals surface area contributed by atoms with Crippen LogP contribution in [0.25, 0.3) is 0 Å². The normalized spacial score (nSPS) is 12.3. The van der Waals surface area contributed by atoms with Crippen LogP contribution < -0.4 is 5.32 Å². The Labute approximate surface area is 95.6 Å². The van der Waals surface area contributed by atoms with Gasteiger partial charge in [0, 0.05) is 30.8 Å². The van der Waals surface area contributed by atoms with Gasteiger partial charge < -0.3 is 5.32 Å². The summed E-state index contributed by atoms with van der Waals surface area (Å²) < 4.78 is 0. The molecule has 0 fully saturated rings. The van der Waals surface area contributed by atoms with Crippen molar-refractivity contribution in [1.29, 1.82) is 0 Å². The summed E-state index contributed by atoms with van der Waals surface area (Å²) in [6, 6.07) is 8.45. The van der Waals surface area contributed by atoms with Gasteiger partial charge in [-0.2, -0.15) is 0 Å². The molecule has 0 spiro atoms. The fourth-order valence-corrected chi connectivity index (χ4v) is 1.74. The molecule has 3 heteroatoms. The first-order chi connectivity index (χ1) is 7.90. The number of hydrogen-bond donors (Lipinski definition) is 1. The Morgan fingerprint density at radius 1 is 1.12 bits per heavy atom. The van der Waals surface area contributed by atoms with Crippen LogP contribution in [-0.4, -0.2) is 17.0 Å². The lowest BCUT2D eigenvalue weighted by Crippen LogP contribution is -2.18. The third-order valence-corrected chi connectivity index (χ3v) is 2.62. The molecule has 16 heavy (non-hydrogen) atoms. The topological polar surface area (TPSA) is 37.8 Å². The van der Waals surface area contributed by atoms with Crippen molar-refractivity contribution in [1.82, 2.24) is 15.3 Å². The Morgan fingerprint density at radius 3 is 2.56 bits per heavy atom. The second kappa shape index (κ2) is 5.37. The lowest BCUT2D eigenvalue weighted by atomic mass is 10.0. The van der Waals surface area contributed by atoms with E-state index in [1.165, 1.54) is 11.1 Å². The maximum atomic E-state index is 4.13. The first-order valence-electron chi connectivity index (χ1n) is 5.36. The lowest BCUT2D eigenvalue weighted by molar-refractivity contribution is 0.590. The third kappa shape index (κ3) is 2.64. The Morgan fingerprint density at radius 2 is 1.94 bits per heavy atom. The Kier molecular flexibility index (Phi) is 3.62. The molecule has 0 amide bonds. The van der Waals surface area contributed by atoms with Crippen LogP contribution in [-0.2, 0) is 6.42 Å². The molecular weight excluding hydrogens is 198 g/mol. The van der Waals surface area contributed by atoms with Gasteiger partial charge in [0.2, 0.25) is 0 Å². The summed E-state index contributed by atoms with van der Waals surface area (Å²) in [7, 11) is 1.97. The summed E-state index contributed by atoms with van der Waals surface area (Å²) in [6.45, 7) is 0. The largest absolute Gasteiger partial charge is 0.313 e. The molecule has 0 radical (unpaired) electrons. The molecule has 3 nitrogen and oxygen atoms in total. The Balaban J connectivity index is 2.13. The minimum atomic E-state index is 0.312. The van der Waals surface area contributed by atoms with E-state index in [0.29, 0.717) is 6.04 Å². The van der Waals surface area contributed by atoms with Gasteiger partial charge in [0.15, 0.2) is 0 Å². The van der Waals surface area contributed by atoms with E-state index in [-0.39, 0.29) is 0 Å². The SMILES string of the molecule is CNC(Cc1cccnc1)c1ccncc1. The number of pyridine rings is 2. The first kappa shape index (κ1) is 10.8. The van der Waals surface area contributed by atoms with Crippen molar-refractivity contribution in [3.8, 4) is 0 Å². The molecule has 0 saturated heterocycles. The average Bonchev–Trinajstić information content (AvgIpc) is 2.38. The predicted octanol–water partition coefficient (Wildman–Crippen LogP) is 1.98. The van der Waals surface area contributed by atoms with E-state index in [1.807, 2.05) is 43.8 Å². The van der Waals surface area contributed by atoms with Gasteiger partial charge in [0.05, 0.1) is 0 Å². The number of rotatable bonds is 4. The lowest BCUT2D eigenvalue weighted by Gasteiger charge is -2.16. The zero-order valence-electron chi connectivity index (χ0n) is 9.30. The van der Waals surface area contributed by atoms with Gasteiger partial charge in [-0.15, -0.1) is 0 Å². The molecule has 0 aliphatic rings. The quantitative estimate of drug-likeness (QED) is 0.844. The van der Waals surface area contributed by atoms with Crippen LogP contribution >= 0.6 is 0 Å². The maximum Gasteiger partial charge on any atom is 0.0360 e. The van der Waals surface area contributed by atoms with Crippen LogP contribution in [0.15, 0.2) is 49.1 Å². The minimum Gasteiger partial charge on any atom is -0.313 e. The second-order valence-electron chi connectivity index (χ2n) is 3.69. The molecule has 0 aliphatic carbocycles. The zero-order valence-corrected chi connectivity index (χ0v) is 9.30. The molecule has 1 N–H and O–H groups in total. The van der Waals surface area contributed by atoms with Crippen molar-refractivity contribution in [2.75, 3.05) is 7.05 Å². The molecule has 1 atom stereocenters. The van der Waals surface area contributed by atoms with Gasteiger partial charge in [-0.1, -0.05) is 6.07 Å². The van der Waals surface area contributed by atoms with Gasteiger partial charge in [0.1, 0.15) is 0 Å². The summed E-state index contributed by atoms with van der Waals surface area (Å²) in [5.74, 6) is 0. The molecule has 0 saturated carbocycles. The summed E-state index contributed by atoms with van der Waals surface area (Å²) in [5.41, 5.74) is 2.49. The molecular formula is C13H15N3. The van der Waals surface area contributed by atoms with Crippen LogP contribution in [0.4, 0.5) is 0 Å². The highest BCUT2D eigenvalue weighted by atomic mass is 14.9. The van der Waals surface area contributed by atoms with Crippen LogP contribution in [0.5, 0.6) is 0 Å². The number of hydrogen-bond acceptors (Lipinski definition) is 3. The minimum absolute atomic E-state index is 0.312. The number of aromatic nitrogens is 2. The van der Waals surface area contributed by atoms with Crippen LogP contribution in [0.3, 0.4) is 0 Å². The standard InChI is InChI=1S/C13H15N3/c1-14-13(12-4-7-15-8-5-12)9-11-3-2-6-16-10-11/h2-8,10,13-14H,9H2,1H3. The first-order valence-corrected chi connectivity index (χ1v) is 5.36. The van der Waals surface area contributed by atoms with Crippen molar-refractivity contribution >= 4 is 0 Å². The van der Waals surface area contributed by atoms with Gasteiger partial charge in [-0.25, -0.2) is 0 Å². The highest BCUT2D eigenvalue weighted by molar-refractivity contribution is 5.19. The molecule has 2 rings (SSSR count). The van der Waals surface area contributed by atoms with Crippen molar-refractivity contribution < 1.29 is 0 Å². The van der Waals surface area contributed by atoms with Crippen LogP contribution in [0, 0.1) is 0 Å². The number of likely N-dealkylation sites (N-methyl/N-ethyl adjacent to an activating group) is 1. The molecule has 0 aromatic carbocycles. The van der Waals surface area contributed by atoms with Crippen molar-refractivity contribution in [3.05, 3.63) is 60.2 Å². The van der Waals surface area contributed by atoms with E-state index >= 15 is 0 Å². The van der Waals surface area contributed by atoms with E-state index in [4.69, 9.17) is 0 Å². The summed E-state index contributed by atoms with van der Waals surface area (Å²) in [4.78, 5) is 8.15. The Bertz CT molecular complexity index is 414. The van der Waals surface area contributed by atoms with Crippen molar-refractivity contribution in [2.45, 2.75) is 12.5 Å². The summed E-state index contributed by atoms with van der Waals surface area (Å²) >= 11 is 0. The van der Waals surface area contributed by atoms with Gasteiger partial charge >= 0.3 is 0 Å². The Hall–Kier alpha value is -1.74. The van der Waals surface area contributed by atoms with Gasteiger partial charge in [0.25, 0.3) is 0 Å². The molecule has 2 heterocycles. The second-order valence-corrected chi connectivity index (χ2v) is 3.69. The fourth-order valence-electron chi connectivity index (χ4n) is 1.74. The van der Waals surface area contributed by atoms with Crippen LogP contribution in [0.1, 0.15) is 17.2 Å². The molecule has 0 bridgehead atoms. The molecule has 82 valence electrons. The van der Waals surface area contributed by atoms with Crippen molar-refractivity contribution in [3.63, 3.8) is 0 Å². The fraction of sp³-hybridized carbons (Fsp3) is 0.231. The molecule has 1 unspecified atom stereocenters. The number of nitrogens with one attached hydrogen (secondary N) is 1. The zero-order chi connectivity index (χ0) is 11.2. The predicted molar refractivity (Wildman–Crippen MR) is 64.0 cm³/mol. The average molecular weight is 213 g/mol. The van der Waals surface area contributed by atoms with E-state index in [2.05, 4.69) is 21.4 Å². The van der Waals surface area contributed by atoms with E-state index in [1.54, 1.807) is 6.20 Å². The highest BCUT2D eigenvalue weighted by Crippen LogP contribution is 2.16. The van der Waals surface area contributed by atoms with Gasteiger partial charge in [-0.05, 0) is 42.8 Å². The molecule has 2 aromatic rings. The number of nitrogens with zero attached hydrogens (tertiary/aromatic N) is 2. The summed E-state index contributed by atoms with van der Waals surface area (Å²) in [5, 5.41) is 3.31. The smallest absolute Gasteiger partial charge is 0.0360 e. The molecule has 2 aromatic heterocycles. The van der Waals surface area contributed by atoms with E-state index < -0.39 is 0 Å². The van der Waals surface area contributed by atoms with E-state index in [0.717, 1.165) is 6.42 Å². The summed E-state index contributed by atoms with van der Waals surface area (Å²) in [6.07, 6.45) is 8.29. The molecule has 0 aliphatic heterocycles. The van der Waals surface area contributed by atoms with Crippen LogP contribution in [0.2, 0.25) is 0 Å². The van der Waals surface area contributed by atoms with Gasteiger partial charge in [-0.3, -0.25) is 9.97 Å². The highest BCUT2D eigenvalue weighted by Gasteiger charge is 2.09. The van der Waals surface area contributed by atoms with E-state index in [9.17, 15) is 0 Å².